The van der Waals surface area contributed by atoms with Crippen LogP contribution in [0.3, 0.4) is 0 Å². The number of carbonyl (C=O) groups excluding carboxylic acids is 1. The van der Waals surface area contributed by atoms with Crippen molar-refractivity contribution in [2.45, 2.75) is 19.3 Å². The smallest absolute Gasteiger partial charge is 0.234 e. The summed E-state index contributed by atoms with van der Waals surface area (Å²) in [5, 5.41) is 16.7. The van der Waals surface area contributed by atoms with E-state index in [4.69, 9.17) is 15.7 Å². The van der Waals surface area contributed by atoms with Gasteiger partial charge in [-0.15, -0.1) is 11.3 Å². The van der Waals surface area contributed by atoms with Gasteiger partial charge in [-0.1, -0.05) is 5.16 Å². The van der Waals surface area contributed by atoms with Crippen LogP contribution in [0.4, 0.5) is 0 Å². The van der Waals surface area contributed by atoms with Gasteiger partial charge in [-0.25, -0.2) is 4.98 Å². The zero-order valence-corrected chi connectivity index (χ0v) is 11.9. The van der Waals surface area contributed by atoms with Crippen LogP contribution in [-0.4, -0.2) is 41.7 Å². The lowest BCUT2D eigenvalue weighted by Gasteiger charge is -2.34. The summed E-state index contributed by atoms with van der Waals surface area (Å²) in [6, 6.07) is 0. The molecular weight excluding hydrogens is 280 g/mol. The van der Waals surface area contributed by atoms with Crippen molar-refractivity contribution in [2.75, 3.05) is 19.8 Å². The van der Waals surface area contributed by atoms with Crippen LogP contribution in [0.2, 0.25) is 0 Å². The molecule has 1 aromatic rings. The van der Waals surface area contributed by atoms with E-state index in [-0.39, 0.29) is 11.7 Å². The third-order valence-electron chi connectivity index (χ3n) is 3.53. The van der Waals surface area contributed by atoms with Gasteiger partial charge in [-0.05, 0) is 12.8 Å². The summed E-state index contributed by atoms with van der Waals surface area (Å²) in [5.74, 6) is -0.265. The molecule has 0 unspecified atom stereocenters. The monoisotopic (exact) mass is 298 g/mol. The second-order valence-corrected chi connectivity index (χ2v) is 5.38. The standard InChI is InChI=1S/C12H18N4O3S/c13-10(16-18)12(2-5-19-6-3-12)11(17)14-4-1-9-7-20-8-15-9/h7-8,18H,1-6H2,(H2,13,16)(H,14,17). The fraction of sp³-hybridized carbons (Fsp3) is 0.583. The Morgan fingerprint density at radius 1 is 1.60 bits per heavy atom. The van der Waals surface area contributed by atoms with Crippen LogP contribution in [0.5, 0.6) is 0 Å². The van der Waals surface area contributed by atoms with Gasteiger partial charge in [0.1, 0.15) is 5.41 Å². The molecule has 8 heteroatoms. The quantitative estimate of drug-likeness (QED) is 0.314. The van der Waals surface area contributed by atoms with Crippen LogP contribution in [0.25, 0.3) is 0 Å². The average molecular weight is 298 g/mol. The van der Waals surface area contributed by atoms with Crippen molar-refractivity contribution in [3.05, 3.63) is 16.6 Å². The zero-order valence-electron chi connectivity index (χ0n) is 11.0. The molecule has 1 saturated heterocycles. The van der Waals surface area contributed by atoms with E-state index in [1.165, 1.54) is 11.3 Å². The lowest BCUT2D eigenvalue weighted by Crippen LogP contribution is -2.53. The number of carbonyl (C=O) groups is 1. The number of hydrogen-bond donors (Lipinski definition) is 3. The van der Waals surface area contributed by atoms with Gasteiger partial charge in [-0.3, -0.25) is 4.79 Å². The molecule has 1 aromatic heterocycles. The summed E-state index contributed by atoms with van der Waals surface area (Å²) in [4.78, 5) is 16.5. The topological polar surface area (TPSA) is 110 Å². The molecule has 0 atom stereocenters. The van der Waals surface area contributed by atoms with Gasteiger partial charge in [0.05, 0.1) is 11.2 Å². The summed E-state index contributed by atoms with van der Waals surface area (Å²) in [6.07, 6.45) is 1.51. The van der Waals surface area contributed by atoms with E-state index in [0.717, 1.165) is 5.69 Å². The normalized spacial score (nSPS) is 18.7. The van der Waals surface area contributed by atoms with E-state index in [2.05, 4.69) is 15.5 Å². The molecule has 2 heterocycles. The van der Waals surface area contributed by atoms with E-state index in [1.807, 2.05) is 5.38 Å². The number of oxime groups is 1. The van der Waals surface area contributed by atoms with Gasteiger partial charge >= 0.3 is 0 Å². The number of thiazole rings is 1. The average Bonchev–Trinajstić information content (AvgIpc) is 3.00. The third kappa shape index (κ3) is 3.07. The van der Waals surface area contributed by atoms with Gasteiger partial charge in [0.25, 0.3) is 0 Å². The number of nitrogens with two attached hydrogens (primary N) is 1. The minimum atomic E-state index is -0.963. The van der Waals surface area contributed by atoms with Gasteiger partial charge in [-0.2, -0.15) is 0 Å². The highest BCUT2D eigenvalue weighted by molar-refractivity contribution is 7.07. The highest BCUT2D eigenvalue weighted by Gasteiger charge is 2.44. The minimum Gasteiger partial charge on any atom is -0.409 e. The Hall–Kier alpha value is -1.67. The number of amidine groups is 1. The van der Waals surface area contributed by atoms with Crippen molar-refractivity contribution in [3.8, 4) is 0 Å². The van der Waals surface area contributed by atoms with E-state index < -0.39 is 5.41 Å². The van der Waals surface area contributed by atoms with Crippen molar-refractivity contribution in [1.82, 2.24) is 10.3 Å². The highest BCUT2D eigenvalue weighted by atomic mass is 32.1. The third-order valence-corrected chi connectivity index (χ3v) is 4.16. The van der Waals surface area contributed by atoms with Crippen LogP contribution in [-0.2, 0) is 16.0 Å². The Balaban J connectivity index is 1.96. The summed E-state index contributed by atoms with van der Waals surface area (Å²) < 4.78 is 5.25. The first-order chi connectivity index (χ1) is 9.69. The first-order valence-electron chi connectivity index (χ1n) is 6.40. The van der Waals surface area contributed by atoms with Crippen molar-refractivity contribution in [2.24, 2.45) is 16.3 Å². The van der Waals surface area contributed by atoms with E-state index in [0.29, 0.717) is 39.0 Å². The molecule has 1 aliphatic rings. The first-order valence-corrected chi connectivity index (χ1v) is 7.34. The van der Waals surface area contributed by atoms with Crippen LogP contribution in [0.1, 0.15) is 18.5 Å². The van der Waals surface area contributed by atoms with E-state index in [1.54, 1.807) is 5.51 Å². The number of hydrogen-bond acceptors (Lipinski definition) is 6. The maximum atomic E-state index is 12.4. The van der Waals surface area contributed by atoms with Crippen LogP contribution < -0.4 is 11.1 Å². The fourth-order valence-corrected chi connectivity index (χ4v) is 2.84. The number of rotatable bonds is 5. The molecule has 7 nitrogen and oxygen atoms in total. The number of amides is 1. The number of nitrogens with zero attached hydrogens (tertiary/aromatic N) is 2. The molecule has 1 aliphatic heterocycles. The van der Waals surface area contributed by atoms with Gasteiger partial charge in [0.15, 0.2) is 5.84 Å². The Bertz CT molecular complexity index is 469. The van der Waals surface area contributed by atoms with Gasteiger partial charge in [0, 0.05) is 31.6 Å². The van der Waals surface area contributed by atoms with Crippen molar-refractivity contribution in [3.63, 3.8) is 0 Å². The largest absolute Gasteiger partial charge is 0.409 e. The molecule has 4 N–H and O–H groups in total. The molecule has 2 rings (SSSR count). The molecule has 0 spiro atoms. The predicted octanol–water partition coefficient (Wildman–Crippen LogP) is 0.345. The Morgan fingerprint density at radius 2 is 2.35 bits per heavy atom. The number of nitrogens with one attached hydrogen (secondary N) is 1. The van der Waals surface area contributed by atoms with Gasteiger partial charge < -0.3 is 21.0 Å². The van der Waals surface area contributed by atoms with Crippen LogP contribution >= 0.6 is 11.3 Å². The molecule has 0 aliphatic carbocycles. The first kappa shape index (κ1) is 14.7. The molecule has 0 aromatic carbocycles. The summed E-state index contributed by atoms with van der Waals surface area (Å²) >= 11 is 1.52. The van der Waals surface area contributed by atoms with Crippen molar-refractivity contribution in [1.29, 1.82) is 0 Å². The van der Waals surface area contributed by atoms with E-state index >= 15 is 0 Å². The number of aromatic nitrogens is 1. The SMILES string of the molecule is NC(=NO)C1(C(=O)NCCc2cscn2)CCOCC1. The maximum absolute atomic E-state index is 12.4. The summed E-state index contributed by atoms with van der Waals surface area (Å²) in [6.45, 7) is 1.33. The summed E-state index contributed by atoms with van der Waals surface area (Å²) in [7, 11) is 0. The lowest BCUT2D eigenvalue weighted by atomic mass is 9.78. The zero-order chi connectivity index (χ0) is 14.4. The van der Waals surface area contributed by atoms with Crippen LogP contribution in [0, 0.1) is 5.41 Å². The fourth-order valence-electron chi connectivity index (χ4n) is 2.25. The molecule has 1 amide bonds. The molecule has 20 heavy (non-hydrogen) atoms. The van der Waals surface area contributed by atoms with Gasteiger partial charge in [0.2, 0.25) is 5.91 Å². The molecule has 0 bridgehead atoms. The number of ether oxygens (including phenoxy) is 1. The van der Waals surface area contributed by atoms with E-state index in [9.17, 15) is 4.79 Å². The second-order valence-electron chi connectivity index (χ2n) is 4.67. The molecule has 0 saturated carbocycles. The second kappa shape index (κ2) is 6.67. The summed E-state index contributed by atoms with van der Waals surface area (Å²) in [5.41, 5.74) is 7.46. The molecule has 1 fully saturated rings. The van der Waals surface area contributed by atoms with Crippen LogP contribution in [0.15, 0.2) is 16.0 Å². The maximum Gasteiger partial charge on any atom is 0.234 e. The van der Waals surface area contributed by atoms with Crippen molar-refractivity contribution >= 4 is 23.1 Å². The Morgan fingerprint density at radius 3 is 2.95 bits per heavy atom. The lowest BCUT2D eigenvalue weighted by molar-refractivity contribution is -0.131. The Kier molecular flexibility index (Phi) is 4.91. The molecular formula is C12H18N4O3S. The van der Waals surface area contributed by atoms with Crippen molar-refractivity contribution < 1.29 is 14.7 Å². The Labute approximate surface area is 120 Å². The minimum absolute atomic E-state index is 0.0491. The molecule has 110 valence electrons. The molecule has 0 radical (unpaired) electrons. The predicted molar refractivity (Wildman–Crippen MR) is 74.7 cm³/mol. The highest BCUT2D eigenvalue weighted by Crippen LogP contribution is 2.31.